The molecule has 0 aliphatic carbocycles. The molecule has 2 heterocycles. The lowest BCUT2D eigenvalue weighted by Crippen LogP contribution is -2.39. The van der Waals surface area contributed by atoms with Crippen molar-refractivity contribution in [2.75, 3.05) is 33.9 Å². The number of ether oxygens (including phenoxy) is 1. The highest BCUT2D eigenvalue weighted by atomic mass is 16.5. The van der Waals surface area contributed by atoms with Crippen molar-refractivity contribution < 1.29 is 4.74 Å². The van der Waals surface area contributed by atoms with Crippen LogP contribution in [0.3, 0.4) is 0 Å². The first-order chi connectivity index (χ1) is 7.78. The second-order valence-electron chi connectivity index (χ2n) is 5.56. The number of fused-ring (bicyclic) bond motifs is 2. The normalized spacial score (nSPS) is 33.6. The maximum absolute atomic E-state index is 5.10. The average Bonchev–Trinajstić information content (AvgIpc) is 2.63. The molecule has 0 aromatic carbocycles. The Morgan fingerprint density at radius 1 is 1.19 bits per heavy atom. The van der Waals surface area contributed by atoms with Crippen molar-refractivity contribution in [2.45, 2.75) is 44.2 Å². The molecule has 2 bridgehead atoms. The van der Waals surface area contributed by atoms with Crippen molar-refractivity contribution in [3.63, 3.8) is 0 Å². The number of nitrogens with one attached hydrogen (secondary N) is 1. The molecule has 3 nitrogen and oxygen atoms in total. The lowest BCUT2D eigenvalue weighted by molar-refractivity contribution is 0.154. The SMILES string of the molecule is COCCN(C)CCC1CC2CCC(C1)N2. The first-order valence-corrected chi connectivity index (χ1v) is 6.71. The second kappa shape index (κ2) is 5.99. The van der Waals surface area contributed by atoms with Gasteiger partial charge in [0.05, 0.1) is 6.61 Å². The summed E-state index contributed by atoms with van der Waals surface area (Å²) in [6, 6.07) is 1.68. The summed E-state index contributed by atoms with van der Waals surface area (Å²) in [5, 5.41) is 3.71. The average molecular weight is 226 g/mol. The van der Waals surface area contributed by atoms with Crippen molar-refractivity contribution in [1.29, 1.82) is 0 Å². The molecule has 0 radical (unpaired) electrons. The zero-order valence-electron chi connectivity index (χ0n) is 10.7. The molecule has 2 rings (SSSR count). The predicted molar refractivity (Wildman–Crippen MR) is 66.7 cm³/mol. The molecule has 94 valence electrons. The Balaban J connectivity index is 1.62. The van der Waals surface area contributed by atoms with Gasteiger partial charge >= 0.3 is 0 Å². The predicted octanol–water partition coefficient (Wildman–Crippen LogP) is 1.49. The van der Waals surface area contributed by atoms with Gasteiger partial charge in [0.25, 0.3) is 0 Å². The van der Waals surface area contributed by atoms with E-state index in [-0.39, 0.29) is 0 Å². The quantitative estimate of drug-likeness (QED) is 0.742. The molecule has 2 aliphatic rings. The third kappa shape index (κ3) is 3.44. The van der Waals surface area contributed by atoms with Gasteiger partial charge < -0.3 is 15.0 Å². The summed E-state index contributed by atoms with van der Waals surface area (Å²) in [6.45, 7) is 3.15. The fourth-order valence-electron chi connectivity index (χ4n) is 3.17. The van der Waals surface area contributed by atoms with Gasteiger partial charge in [-0.05, 0) is 51.6 Å². The molecule has 2 saturated heterocycles. The summed E-state index contributed by atoms with van der Waals surface area (Å²) in [7, 11) is 3.98. The van der Waals surface area contributed by atoms with Crippen molar-refractivity contribution in [2.24, 2.45) is 5.92 Å². The van der Waals surface area contributed by atoms with Gasteiger partial charge in [0.2, 0.25) is 0 Å². The van der Waals surface area contributed by atoms with E-state index >= 15 is 0 Å². The fraction of sp³-hybridized carbons (Fsp3) is 1.00. The summed E-state index contributed by atoms with van der Waals surface area (Å²) < 4.78 is 5.10. The van der Waals surface area contributed by atoms with Crippen LogP contribution >= 0.6 is 0 Å². The van der Waals surface area contributed by atoms with E-state index in [0.717, 1.165) is 31.2 Å². The van der Waals surface area contributed by atoms with Crippen LogP contribution in [0.25, 0.3) is 0 Å². The Kier molecular flexibility index (Phi) is 4.62. The molecule has 0 aromatic heterocycles. The van der Waals surface area contributed by atoms with Crippen LogP contribution in [0.2, 0.25) is 0 Å². The number of rotatable bonds is 6. The minimum atomic E-state index is 0.841. The molecule has 2 fully saturated rings. The van der Waals surface area contributed by atoms with E-state index in [4.69, 9.17) is 4.74 Å². The molecular formula is C13H26N2O. The fourth-order valence-corrected chi connectivity index (χ4v) is 3.17. The van der Waals surface area contributed by atoms with E-state index in [1.165, 1.54) is 38.6 Å². The summed E-state index contributed by atoms with van der Waals surface area (Å²) in [4.78, 5) is 2.40. The monoisotopic (exact) mass is 226 g/mol. The van der Waals surface area contributed by atoms with Gasteiger partial charge in [0.15, 0.2) is 0 Å². The lowest BCUT2D eigenvalue weighted by atomic mass is 9.89. The van der Waals surface area contributed by atoms with Crippen molar-refractivity contribution in [3.05, 3.63) is 0 Å². The van der Waals surface area contributed by atoms with Crippen LogP contribution in [0.1, 0.15) is 32.1 Å². The Labute approximate surface area is 99.5 Å². The van der Waals surface area contributed by atoms with Gasteiger partial charge in [0, 0.05) is 25.7 Å². The highest BCUT2D eigenvalue weighted by Gasteiger charge is 2.32. The largest absolute Gasteiger partial charge is 0.383 e. The maximum atomic E-state index is 5.10. The molecule has 2 atom stereocenters. The number of nitrogens with zero attached hydrogens (tertiary/aromatic N) is 1. The number of hydrogen-bond acceptors (Lipinski definition) is 3. The summed E-state index contributed by atoms with van der Waals surface area (Å²) in [5.74, 6) is 0.962. The van der Waals surface area contributed by atoms with Crippen LogP contribution in [0, 0.1) is 5.92 Å². The zero-order valence-corrected chi connectivity index (χ0v) is 10.7. The summed E-state index contributed by atoms with van der Waals surface area (Å²) in [5.41, 5.74) is 0. The van der Waals surface area contributed by atoms with Crippen molar-refractivity contribution >= 4 is 0 Å². The van der Waals surface area contributed by atoms with Crippen molar-refractivity contribution in [3.8, 4) is 0 Å². The third-order valence-electron chi connectivity index (χ3n) is 4.17. The number of likely N-dealkylation sites (N-methyl/N-ethyl adjacent to an activating group) is 1. The van der Waals surface area contributed by atoms with Crippen LogP contribution in [-0.2, 0) is 4.74 Å². The molecular weight excluding hydrogens is 200 g/mol. The molecule has 0 amide bonds. The molecule has 2 aliphatic heterocycles. The zero-order chi connectivity index (χ0) is 11.4. The smallest absolute Gasteiger partial charge is 0.0589 e. The molecule has 0 spiro atoms. The van der Waals surface area contributed by atoms with Gasteiger partial charge in [-0.15, -0.1) is 0 Å². The topological polar surface area (TPSA) is 24.5 Å². The van der Waals surface area contributed by atoms with Crippen LogP contribution in [-0.4, -0.2) is 50.8 Å². The van der Waals surface area contributed by atoms with E-state index < -0.39 is 0 Å². The molecule has 1 N–H and O–H groups in total. The molecule has 2 unspecified atom stereocenters. The molecule has 3 heteroatoms. The Hall–Kier alpha value is -0.120. The minimum absolute atomic E-state index is 0.841. The van der Waals surface area contributed by atoms with E-state index in [9.17, 15) is 0 Å². The Morgan fingerprint density at radius 3 is 2.50 bits per heavy atom. The van der Waals surface area contributed by atoms with Gasteiger partial charge in [-0.3, -0.25) is 0 Å². The van der Waals surface area contributed by atoms with E-state index in [0.29, 0.717) is 0 Å². The van der Waals surface area contributed by atoms with E-state index in [2.05, 4.69) is 17.3 Å². The highest BCUT2D eigenvalue weighted by Crippen LogP contribution is 2.32. The van der Waals surface area contributed by atoms with Crippen molar-refractivity contribution in [1.82, 2.24) is 10.2 Å². The van der Waals surface area contributed by atoms with Gasteiger partial charge in [-0.1, -0.05) is 0 Å². The molecule has 16 heavy (non-hydrogen) atoms. The molecule has 0 aromatic rings. The van der Waals surface area contributed by atoms with E-state index in [1.54, 1.807) is 7.11 Å². The third-order valence-corrected chi connectivity index (χ3v) is 4.17. The number of hydrogen-bond donors (Lipinski definition) is 1. The van der Waals surface area contributed by atoms with Gasteiger partial charge in [0.1, 0.15) is 0 Å². The molecule has 0 saturated carbocycles. The number of piperidine rings is 1. The van der Waals surface area contributed by atoms with Gasteiger partial charge in [-0.25, -0.2) is 0 Å². The number of methoxy groups -OCH3 is 1. The van der Waals surface area contributed by atoms with Crippen LogP contribution in [0.4, 0.5) is 0 Å². The second-order valence-corrected chi connectivity index (χ2v) is 5.56. The lowest BCUT2D eigenvalue weighted by Gasteiger charge is -2.30. The maximum Gasteiger partial charge on any atom is 0.0589 e. The van der Waals surface area contributed by atoms with Gasteiger partial charge in [-0.2, -0.15) is 0 Å². The first kappa shape index (κ1) is 12.3. The van der Waals surface area contributed by atoms with Crippen LogP contribution in [0.15, 0.2) is 0 Å². The Morgan fingerprint density at radius 2 is 1.88 bits per heavy atom. The van der Waals surface area contributed by atoms with E-state index in [1.807, 2.05) is 0 Å². The minimum Gasteiger partial charge on any atom is -0.383 e. The Bertz CT molecular complexity index is 198. The summed E-state index contributed by atoms with van der Waals surface area (Å²) >= 11 is 0. The highest BCUT2D eigenvalue weighted by molar-refractivity contribution is 4.91. The van der Waals surface area contributed by atoms with Crippen LogP contribution in [0.5, 0.6) is 0 Å². The standard InChI is InChI=1S/C13H26N2O/c1-15(7-8-16-2)6-5-11-9-12-3-4-13(10-11)14-12/h11-14H,3-10H2,1-2H3. The van der Waals surface area contributed by atoms with Crippen LogP contribution < -0.4 is 5.32 Å². The first-order valence-electron chi connectivity index (χ1n) is 6.71. The summed E-state index contributed by atoms with van der Waals surface area (Å²) in [6.07, 6.45) is 7.03.